The van der Waals surface area contributed by atoms with Crippen molar-refractivity contribution in [1.82, 2.24) is 21.7 Å². The van der Waals surface area contributed by atoms with E-state index in [1.807, 2.05) is 6.08 Å². The molecule has 2 aromatic carbocycles. The maximum Gasteiger partial charge on any atom is 0.195 e. The molecule has 166 valence electrons. The first kappa shape index (κ1) is 21.5. The van der Waals surface area contributed by atoms with E-state index in [4.69, 9.17) is 0 Å². The monoisotopic (exact) mass is 454 g/mol. The maximum atomic E-state index is 13.3. The topological polar surface area (TPSA) is 65.2 Å². The van der Waals surface area contributed by atoms with Gasteiger partial charge >= 0.3 is 0 Å². The molecule has 4 N–H and O–H groups in total. The van der Waals surface area contributed by atoms with Gasteiger partial charge in [0.15, 0.2) is 5.78 Å². The molecule has 0 bridgehead atoms. The lowest BCUT2D eigenvalue weighted by Gasteiger charge is -2.16. The molecule has 0 amide bonds. The fraction of sp³-hybridized carbons (Fsp3) is 0.292. The number of Topliss-reactive ketones (excluding diaryl/α,β-unsaturated/α-hetero) is 1. The zero-order valence-corrected chi connectivity index (χ0v) is 18.1. The Kier molecular flexibility index (Phi) is 6.21. The second-order valence-corrected chi connectivity index (χ2v) is 9.29. The number of hydrogen-bond donors (Lipinski definition) is 4. The molecule has 3 heterocycles. The van der Waals surface area contributed by atoms with Crippen molar-refractivity contribution >= 4 is 17.5 Å². The first-order valence-corrected chi connectivity index (χ1v) is 11.6. The summed E-state index contributed by atoms with van der Waals surface area (Å²) in [5.74, 6) is 0.382. The molecule has 0 radical (unpaired) electrons. The molecule has 3 fully saturated rings. The quantitative estimate of drug-likeness (QED) is 0.532. The highest BCUT2D eigenvalue weighted by atomic mass is 32.2. The standard InChI is InChI=1S/C24H24F2N4OS/c25-19-5-1-14(2-6-19)22-16(11-27-29-22)9-18-13-32-21(24(18)31)10-17-12-28-30-23(17)15-3-7-20(26)8-4-15/h1-10,16-17,22-23,27-30H,11-13H2/b18-9+,21-10-. The maximum absolute atomic E-state index is 13.3. The Labute approximate surface area is 189 Å². The largest absolute Gasteiger partial charge is 0.288 e. The Bertz CT molecular complexity index is 971. The van der Waals surface area contributed by atoms with E-state index in [1.54, 1.807) is 36.0 Å². The van der Waals surface area contributed by atoms with Crippen LogP contribution in [0.5, 0.6) is 0 Å². The highest BCUT2D eigenvalue weighted by molar-refractivity contribution is 8.04. The van der Waals surface area contributed by atoms with Crippen molar-refractivity contribution in [2.75, 3.05) is 18.8 Å². The normalized spacial score (nSPS) is 30.6. The number of thioether (sulfide) groups is 1. The Hall–Kier alpha value is -2.36. The first-order chi connectivity index (χ1) is 15.6. The Balaban J connectivity index is 1.32. The predicted octanol–water partition coefficient (Wildman–Crippen LogP) is 3.32. The smallest absolute Gasteiger partial charge is 0.195 e. The lowest BCUT2D eigenvalue weighted by Crippen LogP contribution is -2.25. The Morgan fingerprint density at radius 1 is 0.781 bits per heavy atom. The third-order valence-electron chi connectivity index (χ3n) is 6.18. The molecular weight excluding hydrogens is 430 g/mol. The SMILES string of the molecule is O=C1/C(=C/C2CNNC2c2ccc(F)cc2)CS/C1=C\C1CNNC1c1ccc(F)cc1. The molecule has 3 aliphatic rings. The number of allylic oxidation sites excluding steroid dienone is 1. The summed E-state index contributed by atoms with van der Waals surface area (Å²) in [6.07, 6.45) is 4.09. The second kappa shape index (κ2) is 9.25. The van der Waals surface area contributed by atoms with Gasteiger partial charge in [-0.1, -0.05) is 36.4 Å². The molecule has 5 nitrogen and oxygen atoms in total. The molecule has 3 saturated heterocycles. The van der Waals surface area contributed by atoms with Crippen molar-refractivity contribution in [1.29, 1.82) is 0 Å². The van der Waals surface area contributed by atoms with E-state index in [1.165, 1.54) is 24.3 Å². The Morgan fingerprint density at radius 2 is 1.28 bits per heavy atom. The third-order valence-corrected chi connectivity index (χ3v) is 7.27. The van der Waals surface area contributed by atoms with Crippen LogP contribution in [0.2, 0.25) is 0 Å². The number of ketones is 1. The fourth-order valence-electron chi connectivity index (χ4n) is 4.48. The lowest BCUT2D eigenvalue weighted by atomic mass is 9.91. The van der Waals surface area contributed by atoms with Crippen molar-refractivity contribution in [3.63, 3.8) is 0 Å². The fourth-order valence-corrected chi connectivity index (χ4v) is 5.55. The predicted molar refractivity (Wildman–Crippen MR) is 121 cm³/mol. The van der Waals surface area contributed by atoms with Crippen LogP contribution in [0.4, 0.5) is 8.78 Å². The Morgan fingerprint density at radius 3 is 1.81 bits per heavy atom. The molecule has 5 rings (SSSR count). The van der Waals surface area contributed by atoms with Crippen molar-refractivity contribution in [3.8, 4) is 0 Å². The second-order valence-electron chi connectivity index (χ2n) is 8.28. The summed E-state index contributed by atoms with van der Waals surface area (Å²) in [5.41, 5.74) is 15.6. The van der Waals surface area contributed by atoms with Gasteiger partial charge in [0.2, 0.25) is 0 Å². The molecular formula is C24H24F2N4OS. The van der Waals surface area contributed by atoms with E-state index in [-0.39, 0.29) is 41.3 Å². The van der Waals surface area contributed by atoms with E-state index >= 15 is 0 Å². The van der Waals surface area contributed by atoms with Crippen LogP contribution in [-0.4, -0.2) is 24.6 Å². The van der Waals surface area contributed by atoms with Crippen molar-refractivity contribution < 1.29 is 13.6 Å². The summed E-state index contributed by atoms with van der Waals surface area (Å²) in [5, 5.41) is 0. The summed E-state index contributed by atoms with van der Waals surface area (Å²) < 4.78 is 26.6. The molecule has 0 aliphatic carbocycles. The summed E-state index contributed by atoms with van der Waals surface area (Å²) in [4.78, 5) is 13.9. The van der Waals surface area contributed by atoms with Crippen molar-refractivity contribution in [3.05, 3.63) is 93.9 Å². The molecule has 4 atom stereocenters. The molecule has 3 aliphatic heterocycles. The number of nitrogens with one attached hydrogen (secondary N) is 4. The zero-order chi connectivity index (χ0) is 22.1. The average molecular weight is 455 g/mol. The van der Waals surface area contributed by atoms with Crippen LogP contribution in [0.3, 0.4) is 0 Å². The summed E-state index contributed by atoms with van der Waals surface area (Å²) in [7, 11) is 0. The van der Waals surface area contributed by atoms with Crippen LogP contribution in [0.1, 0.15) is 23.2 Å². The van der Waals surface area contributed by atoms with Gasteiger partial charge < -0.3 is 0 Å². The zero-order valence-electron chi connectivity index (χ0n) is 17.3. The molecule has 0 spiro atoms. The minimum Gasteiger partial charge on any atom is -0.288 e. The van der Waals surface area contributed by atoms with Gasteiger partial charge in [0, 0.05) is 36.3 Å². The summed E-state index contributed by atoms with van der Waals surface area (Å²) in [6, 6.07) is 12.9. The number of carbonyl (C=O) groups is 1. The van der Waals surface area contributed by atoms with Crippen molar-refractivity contribution in [2.24, 2.45) is 11.8 Å². The van der Waals surface area contributed by atoms with E-state index in [2.05, 4.69) is 27.8 Å². The molecule has 0 aromatic heterocycles. The third kappa shape index (κ3) is 4.42. The van der Waals surface area contributed by atoms with Gasteiger partial charge in [-0.3, -0.25) is 15.6 Å². The number of carbonyl (C=O) groups excluding carboxylic acids is 1. The number of hydrazine groups is 2. The van der Waals surface area contributed by atoms with Crippen LogP contribution in [0.15, 0.2) is 71.2 Å². The molecule has 8 heteroatoms. The van der Waals surface area contributed by atoms with Gasteiger partial charge in [0.05, 0.1) is 17.0 Å². The number of benzene rings is 2. The lowest BCUT2D eigenvalue weighted by molar-refractivity contribution is -0.111. The molecule has 2 aromatic rings. The number of hydrogen-bond acceptors (Lipinski definition) is 6. The van der Waals surface area contributed by atoms with Crippen LogP contribution in [-0.2, 0) is 4.79 Å². The summed E-state index contributed by atoms with van der Waals surface area (Å²) >= 11 is 1.56. The van der Waals surface area contributed by atoms with Gasteiger partial charge in [-0.25, -0.2) is 19.6 Å². The van der Waals surface area contributed by atoms with E-state index in [0.717, 1.165) is 21.6 Å². The van der Waals surface area contributed by atoms with Gasteiger partial charge in [0.1, 0.15) is 11.6 Å². The highest BCUT2D eigenvalue weighted by Crippen LogP contribution is 2.37. The van der Waals surface area contributed by atoms with Crippen LogP contribution < -0.4 is 21.7 Å². The van der Waals surface area contributed by atoms with Crippen LogP contribution in [0, 0.1) is 23.5 Å². The highest BCUT2D eigenvalue weighted by Gasteiger charge is 2.33. The molecule has 0 saturated carbocycles. The minimum atomic E-state index is -0.263. The first-order valence-electron chi connectivity index (χ1n) is 10.7. The van der Waals surface area contributed by atoms with Gasteiger partial charge in [-0.2, -0.15) is 0 Å². The van der Waals surface area contributed by atoms with Gasteiger partial charge in [-0.15, -0.1) is 11.8 Å². The average Bonchev–Trinajstić information content (AvgIpc) is 3.53. The molecule has 4 unspecified atom stereocenters. The van der Waals surface area contributed by atoms with Crippen LogP contribution >= 0.6 is 11.8 Å². The summed E-state index contributed by atoms with van der Waals surface area (Å²) in [6.45, 7) is 1.40. The van der Waals surface area contributed by atoms with Gasteiger partial charge in [0.25, 0.3) is 0 Å². The van der Waals surface area contributed by atoms with E-state index in [9.17, 15) is 13.6 Å². The van der Waals surface area contributed by atoms with Gasteiger partial charge in [-0.05, 0) is 35.4 Å². The van der Waals surface area contributed by atoms with E-state index in [0.29, 0.717) is 18.8 Å². The number of rotatable bonds is 4. The van der Waals surface area contributed by atoms with Crippen LogP contribution in [0.25, 0.3) is 0 Å². The number of halogens is 2. The molecule has 32 heavy (non-hydrogen) atoms. The minimum absolute atomic E-state index is 0.0139. The van der Waals surface area contributed by atoms with Crippen molar-refractivity contribution in [2.45, 2.75) is 12.1 Å². The van der Waals surface area contributed by atoms with E-state index < -0.39 is 0 Å².